The molecular weight excluding hydrogens is 286 g/mol. The third-order valence-corrected chi connectivity index (χ3v) is 3.83. The number of anilines is 1. The Hall–Kier alpha value is -2.36. The first-order chi connectivity index (χ1) is 11.0. The Morgan fingerprint density at radius 1 is 1.13 bits per heavy atom. The molecule has 2 rings (SSSR count). The average molecular weight is 311 g/mol. The molecule has 4 nitrogen and oxygen atoms in total. The maximum Gasteiger partial charge on any atom is 0.245 e. The van der Waals surface area contributed by atoms with Gasteiger partial charge in [0.05, 0.1) is 5.92 Å². The Morgan fingerprint density at radius 3 is 2.43 bits per heavy atom. The summed E-state index contributed by atoms with van der Waals surface area (Å²) in [7, 11) is 0. The fourth-order valence-corrected chi connectivity index (χ4v) is 2.41. The zero-order valence-corrected chi connectivity index (χ0v) is 14.3. The highest BCUT2D eigenvalue weighted by Crippen LogP contribution is 2.18. The summed E-state index contributed by atoms with van der Waals surface area (Å²) in [4.78, 5) is 16.5. The number of rotatable bonds is 6. The van der Waals surface area contributed by atoms with Crippen LogP contribution in [0.5, 0.6) is 0 Å². The fourth-order valence-electron chi connectivity index (χ4n) is 2.41. The summed E-state index contributed by atoms with van der Waals surface area (Å²) in [5.74, 6) is 0.999. The third-order valence-electron chi connectivity index (χ3n) is 3.83. The standard InChI is InChI=1S/C19H25N3O/c1-13(2)12-16-7-9-17(10-8-16)15(4)19(23)22-21-18-14(3)6-5-11-20-18/h5-11,13,15H,12H2,1-4H3,(H,20,21)(H,22,23)/t15-/m0/s1. The molecule has 1 atom stereocenters. The number of hydrogen-bond donors (Lipinski definition) is 2. The minimum absolute atomic E-state index is 0.0772. The highest BCUT2D eigenvalue weighted by Gasteiger charge is 2.15. The second kappa shape index (κ2) is 7.77. The van der Waals surface area contributed by atoms with Gasteiger partial charge < -0.3 is 0 Å². The lowest BCUT2D eigenvalue weighted by atomic mass is 9.96. The first-order valence-electron chi connectivity index (χ1n) is 8.03. The molecular formula is C19H25N3O. The number of nitrogens with zero attached hydrogens (tertiary/aromatic N) is 1. The maximum absolute atomic E-state index is 12.3. The van der Waals surface area contributed by atoms with Crippen molar-refractivity contribution in [2.45, 2.75) is 40.0 Å². The van der Waals surface area contributed by atoms with Crippen molar-refractivity contribution in [1.29, 1.82) is 0 Å². The molecule has 0 radical (unpaired) electrons. The normalized spacial score (nSPS) is 12.0. The molecule has 1 amide bonds. The van der Waals surface area contributed by atoms with Crippen LogP contribution in [0.4, 0.5) is 5.82 Å². The van der Waals surface area contributed by atoms with Gasteiger partial charge in [0.2, 0.25) is 5.91 Å². The lowest BCUT2D eigenvalue weighted by molar-refractivity contribution is -0.121. The molecule has 122 valence electrons. The van der Waals surface area contributed by atoms with Gasteiger partial charge in [-0.25, -0.2) is 4.98 Å². The van der Waals surface area contributed by atoms with E-state index >= 15 is 0 Å². The fraction of sp³-hybridized carbons (Fsp3) is 0.368. The molecule has 2 N–H and O–H groups in total. The van der Waals surface area contributed by atoms with Gasteiger partial charge >= 0.3 is 0 Å². The van der Waals surface area contributed by atoms with Gasteiger partial charge in [0.1, 0.15) is 5.82 Å². The molecule has 0 aliphatic rings. The van der Waals surface area contributed by atoms with Crippen molar-refractivity contribution in [3.8, 4) is 0 Å². The van der Waals surface area contributed by atoms with E-state index in [-0.39, 0.29) is 11.8 Å². The smallest absolute Gasteiger partial charge is 0.245 e. The minimum Gasteiger partial charge on any atom is -0.282 e. The highest BCUT2D eigenvalue weighted by molar-refractivity contribution is 5.84. The number of nitrogens with one attached hydrogen (secondary N) is 2. The first-order valence-corrected chi connectivity index (χ1v) is 8.03. The van der Waals surface area contributed by atoms with Gasteiger partial charge in [-0.15, -0.1) is 0 Å². The van der Waals surface area contributed by atoms with Crippen molar-refractivity contribution in [2.24, 2.45) is 5.92 Å². The summed E-state index contributed by atoms with van der Waals surface area (Å²) < 4.78 is 0. The summed E-state index contributed by atoms with van der Waals surface area (Å²) in [6, 6.07) is 12.1. The van der Waals surface area contributed by atoms with Gasteiger partial charge in [0, 0.05) is 6.20 Å². The Morgan fingerprint density at radius 2 is 1.83 bits per heavy atom. The highest BCUT2D eigenvalue weighted by atomic mass is 16.2. The van der Waals surface area contributed by atoms with E-state index in [0.29, 0.717) is 11.7 Å². The van der Waals surface area contributed by atoms with Crippen LogP contribution in [-0.4, -0.2) is 10.9 Å². The van der Waals surface area contributed by atoms with Crippen LogP contribution in [0.15, 0.2) is 42.6 Å². The van der Waals surface area contributed by atoms with Crippen LogP contribution in [0, 0.1) is 12.8 Å². The number of amides is 1. The number of hydrogen-bond acceptors (Lipinski definition) is 3. The van der Waals surface area contributed by atoms with Crippen LogP contribution in [0.25, 0.3) is 0 Å². The molecule has 1 aromatic heterocycles. The number of hydrazine groups is 1. The predicted octanol–water partition coefficient (Wildman–Crippen LogP) is 3.84. The van der Waals surface area contributed by atoms with Crippen molar-refractivity contribution < 1.29 is 4.79 Å². The van der Waals surface area contributed by atoms with Crippen molar-refractivity contribution in [2.75, 3.05) is 5.43 Å². The molecule has 1 heterocycles. The van der Waals surface area contributed by atoms with E-state index < -0.39 is 0 Å². The zero-order chi connectivity index (χ0) is 16.8. The van der Waals surface area contributed by atoms with Gasteiger partial charge in [0.15, 0.2) is 0 Å². The summed E-state index contributed by atoms with van der Waals surface area (Å²) >= 11 is 0. The van der Waals surface area contributed by atoms with Crippen molar-refractivity contribution in [3.63, 3.8) is 0 Å². The SMILES string of the molecule is Cc1cccnc1NNC(=O)[C@@H](C)c1ccc(CC(C)C)cc1. The third kappa shape index (κ3) is 4.81. The van der Waals surface area contributed by atoms with Crippen molar-refractivity contribution in [3.05, 3.63) is 59.3 Å². The molecule has 0 fully saturated rings. The molecule has 2 aromatic rings. The Bertz CT molecular complexity index is 650. The Kier molecular flexibility index (Phi) is 5.74. The monoisotopic (exact) mass is 311 g/mol. The van der Waals surface area contributed by atoms with E-state index in [9.17, 15) is 4.79 Å². The van der Waals surface area contributed by atoms with E-state index in [0.717, 1.165) is 17.5 Å². The number of carbonyl (C=O) groups is 1. The molecule has 4 heteroatoms. The van der Waals surface area contributed by atoms with Gasteiger partial charge in [-0.3, -0.25) is 15.6 Å². The molecule has 0 spiro atoms. The molecule has 0 bridgehead atoms. The topological polar surface area (TPSA) is 54.0 Å². The maximum atomic E-state index is 12.3. The van der Waals surface area contributed by atoms with Crippen LogP contribution >= 0.6 is 0 Å². The van der Waals surface area contributed by atoms with E-state index in [2.05, 4.69) is 41.8 Å². The summed E-state index contributed by atoms with van der Waals surface area (Å²) in [5, 5.41) is 0. The van der Waals surface area contributed by atoms with Gasteiger partial charge in [-0.2, -0.15) is 0 Å². The number of carbonyl (C=O) groups excluding carboxylic acids is 1. The molecule has 0 saturated carbocycles. The number of benzene rings is 1. The van der Waals surface area contributed by atoms with Gasteiger partial charge in [-0.05, 0) is 48.9 Å². The van der Waals surface area contributed by atoms with Crippen LogP contribution < -0.4 is 10.9 Å². The minimum atomic E-state index is -0.223. The quantitative estimate of drug-likeness (QED) is 0.797. The van der Waals surface area contributed by atoms with E-state index in [4.69, 9.17) is 0 Å². The van der Waals surface area contributed by atoms with Crippen LogP contribution in [-0.2, 0) is 11.2 Å². The second-order valence-electron chi connectivity index (χ2n) is 6.34. The number of aromatic nitrogens is 1. The van der Waals surface area contributed by atoms with Crippen LogP contribution in [0.3, 0.4) is 0 Å². The number of aryl methyl sites for hydroxylation is 1. The summed E-state index contributed by atoms with van der Waals surface area (Å²) in [5.41, 5.74) is 8.92. The first kappa shape index (κ1) is 17.0. The van der Waals surface area contributed by atoms with Crippen LogP contribution in [0.1, 0.15) is 43.4 Å². The Labute approximate surface area is 138 Å². The molecule has 0 saturated heterocycles. The van der Waals surface area contributed by atoms with E-state index in [1.165, 1.54) is 5.56 Å². The largest absolute Gasteiger partial charge is 0.282 e. The summed E-state index contributed by atoms with van der Waals surface area (Å²) in [6.07, 6.45) is 2.75. The second-order valence-corrected chi connectivity index (χ2v) is 6.34. The molecule has 0 aliphatic heterocycles. The van der Waals surface area contributed by atoms with Gasteiger partial charge in [-0.1, -0.05) is 44.2 Å². The van der Waals surface area contributed by atoms with Crippen molar-refractivity contribution in [1.82, 2.24) is 10.4 Å². The van der Waals surface area contributed by atoms with E-state index in [1.807, 2.05) is 38.1 Å². The van der Waals surface area contributed by atoms with Crippen molar-refractivity contribution >= 4 is 11.7 Å². The molecule has 23 heavy (non-hydrogen) atoms. The van der Waals surface area contributed by atoms with Gasteiger partial charge in [0.25, 0.3) is 0 Å². The van der Waals surface area contributed by atoms with Crippen LogP contribution in [0.2, 0.25) is 0 Å². The average Bonchev–Trinajstić information content (AvgIpc) is 2.53. The lowest BCUT2D eigenvalue weighted by Crippen LogP contribution is -2.33. The summed E-state index contributed by atoms with van der Waals surface area (Å²) in [6.45, 7) is 8.25. The molecule has 0 unspecified atom stereocenters. The lowest BCUT2D eigenvalue weighted by Gasteiger charge is -2.15. The predicted molar refractivity (Wildman–Crippen MR) is 94.1 cm³/mol. The Balaban J connectivity index is 1.95. The van der Waals surface area contributed by atoms with E-state index in [1.54, 1.807) is 6.20 Å². The molecule has 1 aromatic carbocycles. The zero-order valence-electron chi connectivity index (χ0n) is 14.3. The number of pyridine rings is 1. The molecule has 0 aliphatic carbocycles.